The number of aryl methyl sites for hydroxylation is 2. The topological polar surface area (TPSA) is 208 Å². The van der Waals surface area contributed by atoms with E-state index in [4.69, 9.17) is 4.74 Å². The first kappa shape index (κ1) is 57.0. The third-order valence-electron chi connectivity index (χ3n) is 13.4. The van der Waals surface area contributed by atoms with Gasteiger partial charge in [0.05, 0.1) is 54.8 Å². The summed E-state index contributed by atoms with van der Waals surface area (Å²) in [5, 5.41) is 19.5. The summed E-state index contributed by atoms with van der Waals surface area (Å²) >= 11 is 0. The van der Waals surface area contributed by atoms with Crippen molar-refractivity contribution in [2.24, 2.45) is 0 Å². The zero-order valence-electron chi connectivity index (χ0n) is 43.0. The first-order chi connectivity index (χ1) is 35.6. The van der Waals surface area contributed by atoms with Crippen LogP contribution >= 0.6 is 0 Å². The average Bonchev–Trinajstić information content (AvgIpc) is 4.04. The number of esters is 1. The van der Waals surface area contributed by atoms with Crippen molar-refractivity contribution in [1.82, 2.24) is 29.4 Å². The minimum Gasteiger partial charge on any atom is -0.870 e. The molecule has 2 amide bonds. The number of nitrogens with zero attached hydrogens (tertiary/aromatic N) is 8. The van der Waals surface area contributed by atoms with Crippen LogP contribution in [0.15, 0.2) is 194 Å². The van der Waals surface area contributed by atoms with Gasteiger partial charge >= 0.3 is 30.8 Å². The number of aliphatic carboxylic acids is 1. The number of ether oxygens (including phenoxy) is 1. The van der Waals surface area contributed by atoms with Crippen molar-refractivity contribution in [2.75, 3.05) is 56.2 Å². The minimum absolute atomic E-state index is 0. The van der Waals surface area contributed by atoms with E-state index in [9.17, 15) is 24.3 Å². The maximum atomic E-state index is 14.1. The quantitative estimate of drug-likeness (QED) is 0.135. The van der Waals surface area contributed by atoms with Gasteiger partial charge in [0.25, 0.3) is 0 Å². The number of aromatic nitrogens is 4. The number of anilines is 2. The first-order valence-corrected chi connectivity index (χ1v) is 24.4. The molecule has 17 heteroatoms. The monoisotopic (exact) mass is 1020 g/mol. The van der Waals surface area contributed by atoms with Gasteiger partial charge in [-0.2, -0.15) is 10.2 Å². The van der Waals surface area contributed by atoms with Crippen molar-refractivity contribution in [2.45, 2.75) is 37.8 Å². The molecule has 8 aromatic rings. The first-order valence-electron chi connectivity index (χ1n) is 24.4. The van der Waals surface area contributed by atoms with E-state index in [1.807, 2.05) is 222 Å². The molecule has 0 bridgehead atoms. The van der Waals surface area contributed by atoms with Crippen LogP contribution in [0.4, 0.5) is 11.6 Å². The van der Waals surface area contributed by atoms with Gasteiger partial charge in [-0.15, -0.1) is 0 Å². The molecule has 6 aromatic carbocycles. The van der Waals surface area contributed by atoms with Gasteiger partial charge in [0.15, 0.2) is 0 Å². The maximum absolute atomic E-state index is 14.1. The van der Waals surface area contributed by atoms with Crippen molar-refractivity contribution >= 4 is 35.4 Å². The summed E-state index contributed by atoms with van der Waals surface area (Å²) in [6.07, 6.45) is 0. The Kier molecular flexibility index (Phi) is 19.7. The molecule has 0 unspecified atom stereocenters. The second kappa shape index (κ2) is 26.3. The van der Waals surface area contributed by atoms with Crippen molar-refractivity contribution in [3.8, 4) is 11.4 Å². The zero-order chi connectivity index (χ0) is 50.8. The molecule has 386 valence electrons. The summed E-state index contributed by atoms with van der Waals surface area (Å²) in [6, 6.07) is 60.4. The summed E-state index contributed by atoms with van der Waals surface area (Å²) in [4.78, 5) is 61.0. The Labute approximate surface area is 454 Å². The molecule has 2 aromatic heterocycles. The van der Waals surface area contributed by atoms with Crippen LogP contribution in [0.2, 0.25) is 0 Å². The summed E-state index contributed by atoms with van der Waals surface area (Å²) in [5.41, 5.74) is 7.03. The number of carboxylic acids is 1. The number of piperazine rings is 2. The van der Waals surface area contributed by atoms with E-state index >= 15 is 0 Å². The second-order valence-electron chi connectivity index (χ2n) is 18.1. The number of hydrogen-bond acceptors (Lipinski definition) is 10. The van der Waals surface area contributed by atoms with Crippen molar-refractivity contribution in [3.05, 3.63) is 228 Å². The molecule has 4 N–H and O–H groups in total. The van der Waals surface area contributed by atoms with Crippen LogP contribution in [0.3, 0.4) is 0 Å². The number of carbonyl (C=O) groups is 4. The fourth-order valence-corrected chi connectivity index (χ4v) is 9.87. The number of hydrogen-bond donors (Lipinski definition) is 1. The van der Waals surface area contributed by atoms with E-state index < -0.39 is 35.9 Å². The SMILES string of the molecule is COC(=O)[C@@H]1CN(c2cc(C)nn2-c2ccccc2)CCN1C(=O)C(c1ccccc1)c1ccccc1.Cc1cc(N2CCN(C(=O)C(c3ccccc3)c3ccccc3)[C@H](C(=O)O)C2)n(-c2ccccc2)n1.O.[Li+].[OH-]. The van der Waals surface area contributed by atoms with Gasteiger partial charge in [0.1, 0.15) is 23.7 Å². The maximum Gasteiger partial charge on any atom is 1.00 e. The minimum atomic E-state index is -1.02. The van der Waals surface area contributed by atoms with Crippen molar-refractivity contribution < 1.29 is 58.8 Å². The molecule has 0 spiro atoms. The number of carboxylic acid groups (broad SMARTS) is 1. The van der Waals surface area contributed by atoms with E-state index in [0.717, 1.165) is 56.7 Å². The van der Waals surface area contributed by atoms with Crippen molar-refractivity contribution in [3.63, 3.8) is 0 Å². The predicted octanol–water partition coefficient (Wildman–Crippen LogP) is 4.32. The van der Waals surface area contributed by atoms with Gasteiger partial charge in [-0.25, -0.2) is 19.0 Å². The van der Waals surface area contributed by atoms with Crippen LogP contribution in [0.5, 0.6) is 0 Å². The van der Waals surface area contributed by atoms with Gasteiger partial charge in [-0.05, 0) is 60.4 Å². The molecule has 4 heterocycles. The van der Waals surface area contributed by atoms with Crippen LogP contribution < -0.4 is 28.7 Å². The summed E-state index contributed by atoms with van der Waals surface area (Å²) in [6.45, 7) is 6.10. The number of amides is 2. The molecule has 0 saturated carbocycles. The third kappa shape index (κ3) is 12.6. The summed E-state index contributed by atoms with van der Waals surface area (Å²) < 4.78 is 8.91. The molecule has 0 radical (unpaired) electrons. The van der Waals surface area contributed by atoms with Crippen molar-refractivity contribution in [1.29, 1.82) is 0 Å². The molecule has 2 aliphatic heterocycles. The third-order valence-corrected chi connectivity index (χ3v) is 13.4. The Bertz CT molecular complexity index is 3050. The number of methoxy groups -OCH3 is 1. The van der Waals surface area contributed by atoms with Gasteiger partial charge in [-0.1, -0.05) is 158 Å². The van der Waals surface area contributed by atoms with Crippen LogP contribution in [-0.2, 0) is 23.9 Å². The van der Waals surface area contributed by atoms with Gasteiger partial charge < -0.3 is 40.4 Å². The fourth-order valence-electron chi connectivity index (χ4n) is 9.87. The molecule has 2 atom stereocenters. The van der Waals surface area contributed by atoms with Crippen LogP contribution in [0, 0.1) is 13.8 Å². The Morgan fingerprint density at radius 3 is 1.12 bits per heavy atom. The number of para-hydroxylation sites is 2. The predicted molar refractivity (Wildman–Crippen MR) is 287 cm³/mol. The van der Waals surface area contributed by atoms with E-state index in [1.165, 1.54) is 12.0 Å². The van der Waals surface area contributed by atoms with Gasteiger partial charge in [-0.3, -0.25) is 9.59 Å². The van der Waals surface area contributed by atoms with E-state index in [2.05, 4.69) is 15.1 Å². The molecule has 2 aliphatic rings. The van der Waals surface area contributed by atoms with Crippen LogP contribution in [-0.4, -0.2) is 128 Å². The number of carbonyl (C=O) groups excluding carboxylic acids is 3. The Morgan fingerprint density at radius 1 is 0.500 bits per heavy atom. The standard InChI is InChI=1S/C30H30N4O3.C29H28N4O3.Li.2H2O/c1-22-20-27(34(31-22)25-16-10-5-11-17-25)32-18-19-33(26(21-32)30(36)37-2)29(35)28(23-12-6-3-7-13-23)24-14-8-4-9-15-24;1-21-19-26(33(30-21)24-15-9-4-10-16-24)31-17-18-32(25(20-31)29(35)36)28(34)27(22-11-5-2-6-12-22)23-13-7-3-8-14-23;;;/h3-17,20,26,28H,18-19,21H2,1-2H3;2-16,19,25,27H,17-18,20H2,1H3,(H,35,36);;2*1H2/q;;+1;;/p-1/t26-;25-;;;/m00.../s1. The van der Waals surface area contributed by atoms with E-state index in [0.29, 0.717) is 32.7 Å². The van der Waals surface area contributed by atoms with Gasteiger partial charge in [0, 0.05) is 38.3 Å². The molecular formula is C59H61LiN8O8. The van der Waals surface area contributed by atoms with Crippen LogP contribution in [0.1, 0.15) is 45.5 Å². The molecule has 2 fully saturated rings. The van der Waals surface area contributed by atoms with E-state index in [-0.39, 0.29) is 48.2 Å². The Hall–Kier alpha value is -8.26. The Balaban J connectivity index is 0.000000237. The molecule has 2 saturated heterocycles. The smallest absolute Gasteiger partial charge is 0.870 e. The zero-order valence-corrected chi connectivity index (χ0v) is 43.0. The van der Waals surface area contributed by atoms with Gasteiger partial charge in [0.2, 0.25) is 11.8 Å². The molecule has 0 aliphatic carbocycles. The molecule has 10 rings (SSSR count). The largest absolute Gasteiger partial charge is 1.00 e. The molecule has 16 nitrogen and oxygen atoms in total. The van der Waals surface area contributed by atoms with E-state index in [1.54, 1.807) is 4.90 Å². The van der Waals surface area contributed by atoms with Crippen LogP contribution in [0.25, 0.3) is 11.4 Å². The normalized spacial score (nSPS) is 15.1. The number of benzene rings is 6. The molecule has 76 heavy (non-hydrogen) atoms. The molecular weight excluding hydrogens is 956 g/mol. The Morgan fingerprint density at radius 2 is 0.803 bits per heavy atom. The summed E-state index contributed by atoms with van der Waals surface area (Å²) in [5.74, 6) is -1.15. The summed E-state index contributed by atoms with van der Waals surface area (Å²) in [7, 11) is 1.37. The number of rotatable bonds is 12. The second-order valence-corrected chi connectivity index (χ2v) is 18.1. The fraction of sp³-hybridized carbons (Fsp3) is 0.220. The average molecular weight is 1020 g/mol.